The number of nitrogens with two attached hydrogens (primary N) is 2. The number of nitrogen functional groups attached to an aromatic ring is 1. The Labute approximate surface area is 139 Å². The topological polar surface area (TPSA) is 84.6 Å². The quantitative estimate of drug-likeness (QED) is 0.721. The van der Waals surface area contributed by atoms with Crippen LogP contribution < -0.4 is 11.5 Å². The number of halogens is 2. The minimum Gasteiger partial charge on any atom is -0.399 e. The molecule has 0 unspecified atom stereocenters. The summed E-state index contributed by atoms with van der Waals surface area (Å²) in [6, 6.07) is 2.32. The van der Waals surface area contributed by atoms with Crippen molar-refractivity contribution in [1.82, 2.24) is 0 Å². The van der Waals surface area contributed by atoms with Gasteiger partial charge in [-0.25, -0.2) is 8.78 Å². The van der Waals surface area contributed by atoms with E-state index in [-0.39, 0.29) is 22.3 Å². The molecule has 0 amide bonds. The fourth-order valence-corrected chi connectivity index (χ4v) is 4.44. The molecule has 0 aromatic heterocycles. The van der Waals surface area contributed by atoms with Gasteiger partial charge in [0, 0.05) is 17.2 Å². The van der Waals surface area contributed by atoms with Gasteiger partial charge < -0.3 is 16.6 Å². The highest BCUT2D eigenvalue weighted by molar-refractivity contribution is 8.15. The minimum absolute atomic E-state index is 0.0428. The summed E-state index contributed by atoms with van der Waals surface area (Å²) in [4.78, 5) is 4.40. The van der Waals surface area contributed by atoms with Crippen LogP contribution in [-0.4, -0.2) is 20.6 Å². The molecule has 0 saturated carbocycles. The van der Waals surface area contributed by atoms with Crippen LogP contribution in [0, 0.1) is 17.6 Å². The number of aliphatic hydroxyl groups is 1. The number of hydrogen-bond donors (Lipinski definition) is 3. The van der Waals surface area contributed by atoms with Gasteiger partial charge in [0.1, 0.15) is 0 Å². The van der Waals surface area contributed by atoms with Crippen LogP contribution in [0.1, 0.15) is 40.2 Å². The molecule has 2 rings (SSSR count). The third kappa shape index (κ3) is 2.70. The number of thioether (sulfide) groups is 1. The Bertz CT molecular complexity index is 674. The Kier molecular flexibility index (Phi) is 4.18. The van der Waals surface area contributed by atoms with E-state index in [1.54, 1.807) is 20.8 Å². The highest BCUT2D eigenvalue weighted by Crippen LogP contribution is 2.54. The molecular formula is C16H23F2N3OS. The van der Waals surface area contributed by atoms with Crippen LogP contribution in [0.5, 0.6) is 0 Å². The first kappa shape index (κ1) is 18.0. The summed E-state index contributed by atoms with van der Waals surface area (Å²) < 4.78 is 27.5. The lowest BCUT2D eigenvalue weighted by Crippen LogP contribution is -2.58. The van der Waals surface area contributed by atoms with Gasteiger partial charge in [-0.3, -0.25) is 4.99 Å². The Morgan fingerprint density at radius 3 is 2.35 bits per heavy atom. The lowest BCUT2D eigenvalue weighted by atomic mass is 9.69. The summed E-state index contributed by atoms with van der Waals surface area (Å²) in [5.41, 5.74) is 9.54. The van der Waals surface area contributed by atoms with Crippen LogP contribution in [0.3, 0.4) is 0 Å². The molecule has 128 valence electrons. The van der Waals surface area contributed by atoms with Crippen molar-refractivity contribution in [3.05, 3.63) is 29.3 Å². The van der Waals surface area contributed by atoms with Crippen molar-refractivity contribution >= 4 is 22.6 Å². The maximum absolute atomic E-state index is 14.5. The molecule has 1 aliphatic heterocycles. The summed E-state index contributed by atoms with van der Waals surface area (Å²) in [5.74, 6) is -2.36. The van der Waals surface area contributed by atoms with Gasteiger partial charge in [-0.1, -0.05) is 18.7 Å². The van der Waals surface area contributed by atoms with Crippen LogP contribution in [0.15, 0.2) is 17.1 Å². The Morgan fingerprint density at radius 1 is 1.26 bits per heavy atom. The van der Waals surface area contributed by atoms with Gasteiger partial charge in [0.15, 0.2) is 16.8 Å². The minimum atomic E-state index is -1.15. The molecule has 23 heavy (non-hydrogen) atoms. The van der Waals surface area contributed by atoms with Crippen molar-refractivity contribution < 1.29 is 13.9 Å². The molecule has 1 aliphatic rings. The van der Waals surface area contributed by atoms with Crippen molar-refractivity contribution in [2.24, 2.45) is 16.6 Å². The van der Waals surface area contributed by atoms with Crippen molar-refractivity contribution in [2.75, 3.05) is 5.73 Å². The summed E-state index contributed by atoms with van der Waals surface area (Å²) in [7, 11) is 0. The molecule has 7 heteroatoms. The lowest BCUT2D eigenvalue weighted by molar-refractivity contribution is 0.00598. The number of rotatable bonds is 2. The predicted octanol–water partition coefficient (Wildman–Crippen LogP) is 2.99. The zero-order valence-corrected chi connectivity index (χ0v) is 14.8. The van der Waals surface area contributed by atoms with E-state index in [0.29, 0.717) is 0 Å². The average Bonchev–Trinajstić information content (AvgIpc) is 2.38. The van der Waals surface area contributed by atoms with Crippen LogP contribution in [0.25, 0.3) is 0 Å². The molecule has 0 bridgehead atoms. The molecule has 0 fully saturated rings. The lowest BCUT2D eigenvalue weighted by Gasteiger charge is -2.52. The fraction of sp³-hybridized carbons (Fsp3) is 0.562. The normalized spacial score (nSPS) is 31.8. The van der Waals surface area contributed by atoms with Crippen LogP contribution in [-0.2, 0) is 5.54 Å². The summed E-state index contributed by atoms with van der Waals surface area (Å²) in [6.07, 6.45) is 0. The van der Waals surface area contributed by atoms with Crippen molar-refractivity contribution in [2.45, 2.75) is 50.5 Å². The molecule has 4 nitrogen and oxygen atoms in total. The van der Waals surface area contributed by atoms with E-state index in [2.05, 4.69) is 4.99 Å². The van der Waals surface area contributed by atoms with Crippen molar-refractivity contribution in [3.8, 4) is 0 Å². The first-order valence-corrected chi connectivity index (χ1v) is 8.16. The number of nitrogens with zero attached hydrogens (tertiary/aromatic N) is 1. The van der Waals surface area contributed by atoms with E-state index < -0.39 is 27.5 Å². The van der Waals surface area contributed by atoms with Gasteiger partial charge in [-0.05, 0) is 39.8 Å². The third-order valence-corrected chi connectivity index (χ3v) is 6.72. The van der Waals surface area contributed by atoms with E-state index in [0.717, 1.165) is 6.07 Å². The molecular weight excluding hydrogens is 320 g/mol. The van der Waals surface area contributed by atoms with E-state index in [1.165, 1.54) is 17.8 Å². The summed E-state index contributed by atoms with van der Waals surface area (Å²) in [6.45, 7) is 8.73. The fourth-order valence-electron chi connectivity index (χ4n) is 3.12. The first-order chi connectivity index (χ1) is 10.3. The molecule has 0 aliphatic carbocycles. The highest BCUT2D eigenvalue weighted by Gasteiger charge is 2.56. The SMILES string of the molecule is C[C@@H]1[C@@](C)(C(C)(C)O)SC(N)=N[C@]1(C)c1cc(N)cc(F)c1F. The zero-order valence-electron chi connectivity index (χ0n) is 13.9. The molecule has 0 saturated heterocycles. The number of hydrogen-bond acceptors (Lipinski definition) is 5. The van der Waals surface area contributed by atoms with Gasteiger partial charge in [-0.2, -0.15) is 0 Å². The number of amidine groups is 1. The summed E-state index contributed by atoms with van der Waals surface area (Å²) >= 11 is 1.25. The van der Waals surface area contributed by atoms with Gasteiger partial charge in [-0.15, -0.1) is 0 Å². The summed E-state index contributed by atoms with van der Waals surface area (Å²) in [5, 5.41) is 10.8. The van der Waals surface area contributed by atoms with E-state index in [9.17, 15) is 13.9 Å². The standard InChI is InChI=1S/C16H23F2N3OS/c1-8-15(4,10-6-9(19)7-11(17)12(10)18)21-13(20)23-16(8,5)14(2,3)22/h6-8,22H,19H2,1-5H3,(H2,20,21)/t8-,15-,16-/m0/s1. The Balaban J connectivity index is 2.72. The molecule has 1 aromatic rings. The second-order valence-corrected chi connectivity index (χ2v) is 8.42. The second-order valence-electron chi connectivity index (χ2n) is 6.95. The average molecular weight is 343 g/mol. The monoisotopic (exact) mass is 343 g/mol. The van der Waals surface area contributed by atoms with Crippen LogP contribution in [0.4, 0.5) is 14.5 Å². The molecule has 0 spiro atoms. The van der Waals surface area contributed by atoms with Gasteiger partial charge in [0.2, 0.25) is 0 Å². The highest BCUT2D eigenvalue weighted by atomic mass is 32.2. The maximum Gasteiger partial charge on any atom is 0.164 e. The van der Waals surface area contributed by atoms with Gasteiger partial charge in [0.05, 0.1) is 15.9 Å². The molecule has 0 radical (unpaired) electrons. The van der Waals surface area contributed by atoms with E-state index in [4.69, 9.17) is 11.5 Å². The molecule has 1 aromatic carbocycles. The smallest absolute Gasteiger partial charge is 0.164 e. The second kappa shape index (κ2) is 5.34. The Morgan fingerprint density at radius 2 is 1.83 bits per heavy atom. The molecule has 5 N–H and O–H groups in total. The van der Waals surface area contributed by atoms with Crippen molar-refractivity contribution in [1.29, 1.82) is 0 Å². The number of benzene rings is 1. The van der Waals surface area contributed by atoms with Crippen LogP contribution >= 0.6 is 11.8 Å². The molecule has 3 atom stereocenters. The van der Waals surface area contributed by atoms with E-state index in [1.807, 2.05) is 13.8 Å². The van der Waals surface area contributed by atoms with Gasteiger partial charge >= 0.3 is 0 Å². The van der Waals surface area contributed by atoms with E-state index >= 15 is 0 Å². The predicted molar refractivity (Wildman–Crippen MR) is 91.2 cm³/mol. The number of aliphatic imine (C=N–C) groups is 1. The van der Waals surface area contributed by atoms with Crippen LogP contribution in [0.2, 0.25) is 0 Å². The maximum atomic E-state index is 14.5. The molecule has 1 heterocycles. The van der Waals surface area contributed by atoms with Crippen molar-refractivity contribution in [3.63, 3.8) is 0 Å². The Hall–Kier alpha value is -1.34. The zero-order chi connectivity index (χ0) is 17.8. The van der Waals surface area contributed by atoms with Gasteiger partial charge in [0.25, 0.3) is 0 Å². The number of anilines is 1. The first-order valence-electron chi connectivity index (χ1n) is 7.34. The third-order valence-electron chi connectivity index (χ3n) is 5.14. The largest absolute Gasteiger partial charge is 0.399 e.